The maximum absolute atomic E-state index is 6.03. The minimum atomic E-state index is 0.282. The van der Waals surface area contributed by atoms with Crippen molar-refractivity contribution in [3.8, 4) is 0 Å². The van der Waals surface area contributed by atoms with Crippen LogP contribution in [0, 0.1) is 12.3 Å². The molecule has 0 aromatic carbocycles. The van der Waals surface area contributed by atoms with Crippen molar-refractivity contribution in [1.29, 1.82) is 0 Å². The van der Waals surface area contributed by atoms with Crippen LogP contribution in [0.3, 0.4) is 0 Å². The third-order valence-corrected chi connectivity index (χ3v) is 5.58. The van der Waals surface area contributed by atoms with Crippen molar-refractivity contribution in [1.82, 2.24) is 5.32 Å². The van der Waals surface area contributed by atoms with Crippen molar-refractivity contribution < 1.29 is 9.15 Å². The molecular formula is C18H29NO2. The van der Waals surface area contributed by atoms with E-state index in [-0.39, 0.29) is 6.04 Å². The zero-order valence-electron chi connectivity index (χ0n) is 13.7. The fraction of sp³-hybridized carbons (Fsp3) is 0.778. The molecule has 3 nitrogen and oxygen atoms in total. The molecule has 0 aliphatic heterocycles. The molecule has 3 rings (SSSR count). The number of nitrogens with one attached hydrogen (secondary N) is 1. The number of hydrogen-bond donors (Lipinski definition) is 1. The molecule has 118 valence electrons. The van der Waals surface area contributed by atoms with Crippen LogP contribution in [0.25, 0.3) is 0 Å². The van der Waals surface area contributed by atoms with Crippen molar-refractivity contribution in [2.45, 2.75) is 77.5 Å². The second-order valence-electron chi connectivity index (χ2n) is 6.86. The summed E-state index contributed by atoms with van der Waals surface area (Å²) in [5, 5.41) is 3.82. The molecule has 3 unspecified atom stereocenters. The Morgan fingerprint density at radius 1 is 1.33 bits per heavy atom. The number of ether oxygens (including phenoxy) is 1. The molecule has 3 heteroatoms. The summed E-state index contributed by atoms with van der Waals surface area (Å²) in [6.07, 6.45) is 8.36. The average Bonchev–Trinajstić information content (AvgIpc) is 2.93. The highest BCUT2D eigenvalue weighted by atomic mass is 16.5. The zero-order chi connectivity index (χ0) is 14.9. The van der Waals surface area contributed by atoms with Crippen LogP contribution in [-0.4, -0.2) is 18.8 Å². The molecule has 0 saturated heterocycles. The van der Waals surface area contributed by atoms with Gasteiger partial charge in [-0.2, -0.15) is 0 Å². The van der Waals surface area contributed by atoms with Crippen LogP contribution >= 0.6 is 0 Å². The molecule has 2 aliphatic rings. The lowest BCUT2D eigenvalue weighted by atomic mass is 9.55. The van der Waals surface area contributed by atoms with Gasteiger partial charge in [-0.3, -0.25) is 0 Å². The predicted molar refractivity (Wildman–Crippen MR) is 84.3 cm³/mol. The van der Waals surface area contributed by atoms with E-state index < -0.39 is 0 Å². The van der Waals surface area contributed by atoms with E-state index >= 15 is 0 Å². The summed E-state index contributed by atoms with van der Waals surface area (Å²) in [5.41, 5.74) is 0.379. The highest BCUT2D eigenvalue weighted by molar-refractivity contribution is 5.13. The van der Waals surface area contributed by atoms with Gasteiger partial charge in [0.1, 0.15) is 11.5 Å². The first-order chi connectivity index (χ1) is 10.2. The minimum Gasteiger partial charge on any atom is -0.465 e. The lowest BCUT2D eigenvalue weighted by Gasteiger charge is -2.58. The van der Waals surface area contributed by atoms with E-state index in [1.807, 2.05) is 13.0 Å². The van der Waals surface area contributed by atoms with Gasteiger partial charge >= 0.3 is 0 Å². The third-order valence-electron chi connectivity index (χ3n) is 5.58. The molecule has 2 aliphatic carbocycles. The quantitative estimate of drug-likeness (QED) is 0.875. The molecule has 1 aromatic rings. The van der Waals surface area contributed by atoms with Crippen LogP contribution in [0.1, 0.15) is 69.9 Å². The van der Waals surface area contributed by atoms with Crippen LogP contribution in [0.15, 0.2) is 16.5 Å². The second kappa shape index (κ2) is 6.13. The first-order valence-electron chi connectivity index (χ1n) is 8.59. The first-order valence-corrected chi connectivity index (χ1v) is 8.59. The van der Waals surface area contributed by atoms with Crippen LogP contribution in [-0.2, 0) is 4.74 Å². The molecule has 0 radical (unpaired) electrons. The van der Waals surface area contributed by atoms with Crippen molar-refractivity contribution in [3.05, 3.63) is 23.7 Å². The van der Waals surface area contributed by atoms with Gasteiger partial charge in [0.05, 0.1) is 12.1 Å². The van der Waals surface area contributed by atoms with Crippen molar-refractivity contribution in [3.63, 3.8) is 0 Å². The largest absolute Gasteiger partial charge is 0.465 e. The fourth-order valence-electron chi connectivity index (χ4n) is 4.37. The normalized spacial score (nSPS) is 29.3. The molecule has 1 N–H and O–H groups in total. The van der Waals surface area contributed by atoms with Gasteiger partial charge in [-0.15, -0.1) is 0 Å². The molecule has 21 heavy (non-hydrogen) atoms. The Labute approximate surface area is 128 Å². The van der Waals surface area contributed by atoms with E-state index in [0.29, 0.717) is 17.6 Å². The minimum absolute atomic E-state index is 0.282. The molecule has 1 aromatic heterocycles. The van der Waals surface area contributed by atoms with Crippen molar-refractivity contribution >= 4 is 0 Å². The lowest BCUT2D eigenvalue weighted by molar-refractivity contribution is -0.152. The monoisotopic (exact) mass is 291 g/mol. The van der Waals surface area contributed by atoms with Gasteiger partial charge in [0.25, 0.3) is 0 Å². The van der Waals surface area contributed by atoms with Crippen molar-refractivity contribution in [2.75, 3.05) is 6.61 Å². The fourth-order valence-corrected chi connectivity index (χ4v) is 4.37. The highest BCUT2D eigenvalue weighted by Gasteiger charge is 2.55. The highest BCUT2D eigenvalue weighted by Crippen LogP contribution is 2.53. The van der Waals surface area contributed by atoms with Gasteiger partial charge in [0.2, 0.25) is 0 Å². The average molecular weight is 291 g/mol. The van der Waals surface area contributed by atoms with E-state index in [4.69, 9.17) is 9.15 Å². The lowest BCUT2D eigenvalue weighted by Crippen LogP contribution is -2.64. The molecule has 0 amide bonds. The van der Waals surface area contributed by atoms with Crippen LogP contribution in [0.5, 0.6) is 0 Å². The maximum Gasteiger partial charge on any atom is 0.120 e. The Morgan fingerprint density at radius 2 is 2.10 bits per heavy atom. The summed E-state index contributed by atoms with van der Waals surface area (Å²) in [6, 6.07) is 5.01. The summed E-state index contributed by atoms with van der Waals surface area (Å²) >= 11 is 0. The Morgan fingerprint density at radius 3 is 2.71 bits per heavy atom. The molecule has 2 saturated carbocycles. The van der Waals surface area contributed by atoms with Crippen LogP contribution in [0.4, 0.5) is 0 Å². The molecule has 1 heterocycles. The van der Waals surface area contributed by atoms with Gasteiger partial charge in [-0.05, 0) is 52.2 Å². The molecule has 1 spiro atoms. The Balaban J connectivity index is 1.67. The number of furan rings is 1. The van der Waals surface area contributed by atoms with Crippen molar-refractivity contribution in [2.24, 2.45) is 5.41 Å². The molecule has 2 fully saturated rings. The summed E-state index contributed by atoms with van der Waals surface area (Å²) in [4.78, 5) is 0. The van der Waals surface area contributed by atoms with E-state index in [9.17, 15) is 0 Å². The van der Waals surface area contributed by atoms with Gasteiger partial charge in [0, 0.05) is 18.1 Å². The van der Waals surface area contributed by atoms with Gasteiger partial charge in [-0.25, -0.2) is 0 Å². The Kier molecular flexibility index (Phi) is 4.41. The molecule has 0 bridgehead atoms. The van der Waals surface area contributed by atoms with Gasteiger partial charge in [-0.1, -0.05) is 19.3 Å². The van der Waals surface area contributed by atoms with E-state index in [1.165, 1.54) is 32.1 Å². The SMILES string of the molecule is CCOC1CC(NC(C)c2ccc(C)o2)C12CCCCC2. The molecule has 3 atom stereocenters. The smallest absolute Gasteiger partial charge is 0.120 e. The maximum atomic E-state index is 6.03. The van der Waals surface area contributed by atoms with Gasteiger partial charge < -0.3 is 14.5 Å². The third kappa shape index (κ3) is 2.78. The summed E-state index contributed by atoms with van der Waals surface area (Å²) in [7, 11) is 0. The van der Waals surface area contributed by atoms with Gasteiger partial charge in [0.15, 0.2) is 0 Å². The topological polar surface area (TPSA) is 34.4 Å². The zero-order valence-corrected chi connectivity index (χ0v) is 13.7. The van der Waals surface area contributed by atoms with E-state index in [2.05, 4.69) is 25.2 Å². The van der Waals surface area contributed by atoms with Crippen LogP contribution < -0.4 is 5.32 Å². The number of hydrogen-bond acceptors (Lipinski definition) is 3. The summed E-state index contributed by atoms with van der Waals surface area (Å²) < 4.78 is 11.8. The Hall–Kier alpha value is -0.800. The number of aryl methyl sites for hydroxylation is 1. The standard InChI is InChI=1S/C18H29NO2/c1-4-20-17-12-16(18(17)10-6-5-7-11-18)19-14(3)15-9-8-13(2)21-15/h8-9,14,16-17,19H,4-7,10-12H2,1-3H3. The summed E-state index contributed by atoms with van der Waals surface area (Å²) in [6.45, 7) is 7.17. The van der Waals surface area contributed by atoms with Crippen LogP contribution in [0.2, 0.25) is 0 Å². The first kappa shape index (κ1) is 15.1. The second-order valence-corrected chi connectivity index (χ2v) is 6.86. The number of rotatable bonds is 5. The van der Waals surface area contributed by atoms with E-state index in [1.54, 1.807) is 0 Å². The predicted octanol–water partition coefficient (Wildman–Crippen LogP) is 4.37. The van der Waals surface area contributed by atoms with E-state index in [0.717, 1.165) is 24.5 Å². The summed E-state index contributed by atoms with van der Waals surface area (Å²) in [5.74, 6) is 2.05. The molecular weight excluding hydrogens is 262 g/mol. The Bertz CT molecular complexity index is 462.